The van der Waals surface area contributed by atoms with E-state index in [0.717, 1.165) is 24.2 Å². The second kappa shape index (κ2) is 6.16. The number of hydrogen-bond donors (Lipinski definition) is 1. The number of fused-ring (bicyclic) bond motifs is 1. The molecule has 1 atom stereocenters. The molecule has 0 aliphatic carbocycles. The number of amides is 1. The molecule has 22 heavy (non-hydrogen) atoms. The van der Waals surface area contributed by atoms with Crippen molar-refractivity contribution < 1.29 is 19.4 Å². The van der Waals surface area contributed by atoms with Gasteiger partial charge in [-0.3, -0.25) is 9.59 Å². The van der Waals surface area contributed by atoms with Gasteiger partial charge in [0, 0.05) is 31.0 Å². The third kappa shape index (κ3) is 3.19. The molecule has 1 fully saturated rings. The fourth-order valence-corrected chi connectivity index (χ4v) is 3.36. The predicted molar refractivity (Wildman–Crippen MR) is 81.1 cm³/mol. The molecule has 5 nitrogen and oxygen atoms in total. The van der Waals surface area contributed by atoms with Crippen LogP contribution in [0.5, 0.6) is 5.75 Å². The lowest BCUT2D eigenvalue weighted by atomic mass is 9.93. The summed E-state index contributed by atoms with van der Waals surface area (Å²) in [6.45, 7) is 1.21. The molecular formula is C16H18ClNO4. The van der Waals surface area contributed by atoms with E-state index in [1.54, 1.807) is 17.0 Å². The number of rotatable bonds is 3. The van der Waals surface area contributed by atoms with Gasteiger partial charge in [-0.15, -0.1) is 0 Å². The van der Waals surface area contributed by atoms with E-state index < -0.39 is 12.1 Å². The zero-order valence-electron chi connectivity index (χ0n) is 12.1. The van der Waals surface area contributed by atoms with Gasteiger partial charge in [0.1, 0.15) is 5.75 Å². The second-order valence-corrected chi connectivity index (χ2v) is 6.37. The molecule has 0 spiro atoms. The number of hydrogen-bond acceptors (Lipinski definition) is 3. The van der Waals surface area contributed by atoms with Gasteiger partial charge in [0.25, 0.3) is 5.91 Å². The molecule has 0 aromatic heterocycles. The molecule has 2 heterocycles. The largest absolute Gasteiger partial charge is 0.481 e. The molecule has 1 saturated heterocycles. The van der Waals surface area contributed by atoms with E-state index in [1.165, 1.54) is 0 Å². The first-order chi connectivity index (χ1) is 10.5. The number of aliphatic carboxylic acids is 1. The van der Waals surface area contributed by atoms with Gasteiger partial charge in [0.05, 0.1) is 0 Å². The number of carboxylic acids is 1. The molecule has 0 saturated carbocycles. The van der Waals surface area contributed by atoms with E-state index in [-0.39, 0.29) is 18.2 Å². The number of carbonyl (C=O) groups excluding carboxylic acids is 1. The molecule has 1 amide bonds. The molecule has 3 rings (SSSR count). The number of carboxylic acid groups (broad SMARTS) is 1. The van der Waals surface area contributed by atoms with E-state index in [1.807, 2.05) is 6.07 Å². The number of ether oxygens (including phenoxy) is 1. The first-order valence-electron chi connectivity index (χ1n) is 7.48. The SMILES string of the molecule is O=C(O)CC1CCN(C(=O)C2Cc3cc(Cl)ccc3O2)CC1. The average Bonchev–Trinajstić information content (AvgIpc) is 2.89. The molecule has 118 valence electrons. The Hall–Kier alpha value is -1.75. The normalized spacial score (nSPS) is 21.3. The number of halogens is 1. The summed E-state index contributed by atoms with van der Waals surface area (Å²) in [4.78, 5) is 25.1. The summed E-state index contributed by atoms with van der Waals surface area (Å²) < 4.78 is 5.72. The van der Waals surface area contributed by atoms with Gasteiger partial charge in [-0.1, -0.05) is 11.6 Å². The standard InChI is InChI=1S/C16H18ClNO4/c17-12-1-2-13-11(8-12)9-14(22-13)16(21)18-5-3-10(4-6-18)7-15(19)20/h1-2,8,10,14H,3-7,9H2,(H,19,20). The summed E-state index contributed by atoms with van der Waals surface area (Å²) in [6.07, 6.45) is 1.73. The smallest absolute Gasteiger partial charge is 0.303 e. The fraction of sp³-hybridized carbons (Fsp3) is 0.500. The van der Waals surface area contributed by atoms with Gasteiger partial charge in [-0.05, 0) is 42.5 Å². The zero-order chi connectivity index (χ0) is 15.7. The van der Waals surface area contributed by atoms with Crippen molar-refractivity contribution in [3.8, 4) is 5.75 Å². The van der Waals surface area contributed by atoms with Gasteiger partial charge >= 0.3 is 5.97 Å². The van der Waals surface area contributed by atoms with Crippen LogP contribution in [0.15, 0.2) is 18.2 Å². The monoisotopic (exact) mass is 323 g/mol. The van der Waals surface area contributed by atoms with Crippen molar-refractivity contribution in [1.82, 2.24) is 4.90 Å². The lowest BCUT2D eigenvalue weighted by Crippen LogP contribution is -2.45. The lowest BCUT2D eigenvalue weighted by Gasteiger charge is -2.32. The number of likely N-dealkylation sites (tertiary alicyclic amines) is 1. The molecule has 0 bridgehead atoms. The Morgan fingerprint density at radius 2 is 2.05 bits per heavy atom. The highest BCUT2D eigenvalue weighted by molar-refractivity contribution is 6.30. The Balaban J connectivity index is 1.57. The van der Waals surface area contributed by atoms with Crippen LogP contribution in [0.1, 0.15) is 24.8 Å². The van der Waals surface area contributed by atoms with Crippen LogP contribution < -0.4 is 4.74 Å². The van der Waals surface area contributed by atoms with Crippen LogP contribution in [0.25, 0.3) is 0 Å². The Labute approximate surface area is 133 Å². The Morgan fingerprint density at radius 3 is 2.73 bits per heavy atom. The Kier molecular flexibility index (Phi) is 4.25. The average molecular weight is 324 g/mol. The molecule has 1 N–H and O–H groups in total. The van der Waals surface area contributed by atoms with Crippen molar-refractivity contribution in [3.05, 3.63) is 28.8 Å². The van der Waals surface area contributed by atoms with Gasteiger partial charge in [0.2, 0.25) is 0 Å². The number of piperidine rings is 1. The van der Waals surface area contributed by atoms with E-state index >= 15 is 0 Å². The summed E-state index contributed by atoms with van der Waals surface area (Å²) in [6, 6.07) is 5.39. The Bertz CT molecular complexity index is 596. The first-order valence-corrected chi connectivity index (χ1v) is 7.86. The van der Waals surface area contributed by atoms with E-state index in [0.29, 0.717) is 24.5 Å². The summed E-state index contributed by atoms with van der Waals surface area (Å²) in [5.41, 5.74) is 0.964. The van der Waals surface area contributed by atoms with Crippen molar-refractivity contribution in [3.63, 3.8) is 0 Å². The van der Waals surface area contributed by atoms with E-state index in [4.69, 9.17) is 21.4 Å². The highest BCUT2D eigenvalue weighted by Gasteiger charge is 2.34. The molecule has 1 aromatic rings. The minimum atomic E-state index is -0.767. The van der Waals surface area contributed by atoms with Crippen LogP contribution in [0.4, 0.5) is 0 Å². The molecule has 0 radical (unpaired) electrons. The molecule has 1 unspecified atom stereocenters. The lowest BCUT2D eigenvalue weighted by molar-refractivity contribution is -0.140. The van der Waals surface area contributed by atoms with Crippen molar-refractivity contribution in [2.45, 2.75) is 31.8 Å². The van der Waals surface area contributed by atoms with Crippen LogP contribution in [-0.4, -0.2) is 41.1 Å². The summed E-state index contributed by atoms with van der Waals surface area (Å²) in [5.74, 6) is 0.114. The van der Waals surface area contributed by atoms with Crippen LogP contribution in [-0.2, 0) is 16.0 Å². The van der Waals surface area contributed by atoms with Crippen molar-refractivity contribution in [2.24, 2.45) is 5.92 Å². The third-order valence-electron chi connectivity index (χ3n) is 4.36. The van der Waals surface area contributed by atoms with Gasteiger partial charge < -0.3 is 14.7 Å². The molecule has 1 aromatic carbocycles. The number of nitrogens with zero attached hydrogens (tertiary/aromatic N) is 1. The highest BCUT2D eigenvalue weighted by Crippen LogP contribution is 2.32. The van der Waals surface area contributed by atoms with Gasteiger partial charge in [-0.2, -0.15) is 0 Å². The summed E-state index contributed by atoms with van der Waals surface area (Å²) in [5, 5.41) is 9.47. The third-order valence-corrected chi connectivity index (χ3v) is 4.60. The fourth-order valence-electron chi connectivity index (χ4n) is 3.16. The number of carbonyl (C=O) groups is 2. The molecular weight excluding hydrogens is 306 g/mol. The highest BCUT2D eigenvalue weighted by atomic mass is 35.5. The first kappa shape index (κ1) is 15.2. The van der Waals surface area contributed by atoms with Crippen LogP contribution in [0, 0.1) is 5.92 Å². The zero-order valence-corrected chi connectivity index (χ0v) is 12.9. The maximum absolute atomic E-state index is 12.5. The number of benzene rings is 1. The second-order valence-electron chi connectivity index (χ2n) is 5.93. The maximum Gasteiger partial charge on any atom is 0.303 e. The summed E-state index contributed by atoms with van der Waals surface area (Å²) >= 11 is 5.96. The summed E-state index contributed by atoms with van der Waals surface area (Å²) in [7, 11) is 0. The minimum absolute atomic E-state index is 0.0129. The van der Waals surface area contributed by atoms with E-state index in [9.17, 15) is 9.59 Å². The van der Waals surface area contributed by atoms with Gasteiger partial charge in [-0.25, -0.2) is 0 Å². The van der Waals surface area contributed by atoms with E-state index in [2.05, 4.69) is 0 Å². The topological polar surface area (TPSA) is 66.8 Å². The van der Waals surface area contributed by atoms with Gasteiger partial charge in [0.15, 0.2) is 6.10 Å². The van der Waals surface area contributed by atoms with Crippen molar-refractivity contribution >= 4 is 23.5 Å². The van der Waals surface area contributed by atoms with Crippen LogP contribution >= 0.6 is 11.6 Å². The maximum atomic E-state index is 12.5. The minimum Gasteiger partial charge on any atom is -0.481 e. The quantitative estimate of drug-likeness (QED) is 0.927. The molecule has 2 aliphatic heterocycles. The van der Waals surface area contributed by atoms with Crippen molar-refractivity contribution in [1.29, 1.82) is 0 Å². The van der Waals surface area contributed by atoms with Crippen LogP contribution in [0.2, 0.25) is 5.02 Å². The molecule has 6 heteroatoms. The van der Waals surface area contributed by atoms with Crippen LogP contribution in [0.3, 0.4) is 0 Å². The van der Waals surface area contributed by atoms with Crippen molar-refractivity contribution in [2.75, 3.05) is 13.1 Å². The predicted octanol–water partition coefficient (Wildman–Crippen LogP) is 2.36. The Morgan fingerprint density at radius 1 is 1.32 bits per heavy atom. The molecule has 2 aliphatic rings.